The summed E-state index contributed by atoms with van der Waals surface area (Å²) < 4.78 is 22.4. The van der Waals surface area contributed by atoms with Crippen molar-refractivity contribution in [3.05, 3.63) is 71.6 Å². The zero-order valence-corrected chi connectivity index (χ0v) is 18.1. The van der Waals surface area contributed by atoms with Crippen molar-refractivity contribution < 1.29 is 23.4 Å². The van der Waals surface area contributed by atoms with Crippen LogP contribution < -0.4 is 9.47 Å². The Morgan fingerprint density at radius 2 is 1.87 bits per heavy atom. The van der Waals surface area contributed by atoms with Crippen LogP contribution in [0.15, 0.2) is 59.0 Å². The Morgan fingerprint density at radius 1 is 1.06 bits per heavy atom. The van der Waals surface area contributed by atoms with Crippen LogP contribution in [-0.2, 0) is 16.1 Å². The standard InChI is InChI=1S/C25H27NO5/c1-4-15-29-22-13-11-19(16-23(22)28-5-2)12-14-24(27)30-17-21-18(3)31-25(26-21)20-9-7-6-8-10-20/h6-14,16H,4-5,15,17H2,1-3H3/b14-12+. The molecule has 6 heteroatoms. The lowest BCUT2D eigenvalue weighted by Gasteiger charge is -2.12. The van der Waals surface area contributed by atoms with Gasteiger partial charge in [-0.1, -0.05) is 31.2 Å². The minimum absolute atomic E-state index is 0.0410. The van der Waals surface area contributed by atoms with Crippen LogP contribution in [0, 0.1) is 6.92 Å². The van der Waals surface area contributed by atoms with Crippen molar-refractivity contribution in [3.8, 4) is 23.0 Å². The molecule has 0 spiro atoms. The molecule has 31 heavy (non-hydrogen) atoms. The summed E-state index contributed by atoms with van der Waals surface area (Å²) in [5.74, 6) is 2.01. The highest BCUT2D eigenvalue weighted by atomic mass is 16.5. The minimum Gasteiger partial charge on any atom is -0.490 e. The van der Waals surface area contributed by atoms with E-state index in [2.05, 4.69) is 4.98 Å². The Bertz CT molecular complexity index is 1020. The third-order valence-electron chi connectivity index (χ3n) is 4.41. The van der Waals surface area contributed by atoms with E-state index in [4.69, 9.17) is 18.6 Å². The van der Waals surface area contributed by atoms with Crippen molar-refractivity contribution in [2.45, 2.75) is 33.8 Å². The number of oxazole rings is 1. The number of nitrogens with zero attached hydrogens (tertiary/aromatic N) is 1. The number of carbonyl (C=O) groups excluding carboxylic acids is 1. The third-order valence-corrected chi connectivity index (χ3v) is 4.41. The van der Waals surface area contributed by atoms with Crippen molar-refractivity contribution in [1.29, 1.82) is 0 Å². The summed E-state index contributed by atoms with van der Waals surface area (Å²) in [4.78, 5) is 16.6. The van der Waals surface area contributed by atoms with E-state index < -0.39 is 5.97 Å². The summed E-state index contributed by atoms with van der Waals surface area (Å²) in [7, 11) is 0. The average molecular weight is 421 g/mol. The van der Waals surface area contributed by atoms with E-state index in [0.717, 1.165) is 17.5 Å². The summed E-state index contributed by atoms with van der Waals surface area (Å²) >= 11 is 0. The molecule has 0 saturated heterocycles. The van der Waals surface area contributed by atoms with E-state index in [1.165, 1.54) is 6.08 Å². The number of hydrogen-bond donors (Lipinski definition) is 0. The topological polar surface area (TPSA) is 70.8 Å². The van der Waals surface area contributed by atoms with Crippen LogP contribution in [0.1, 0.15) is 37.3 Å². The first kappa shape index (κ1) is 22.2. The second-order valence-electron chi connectivity index (χ2n) is 6.82. The number of carbonyl (C=O) groups is 1. The number of benzene rings is 2. The van der Waals surface area contributed by atoms with E-state index in [9.17, 15) is 4.79 Å². The molecule has 0 amide bonds. The molecule has 2 aromatic carbocycles. The van der Waals surface area contributed by atoms with E-state index >= 15 is 0 Å². The van der Waals surface area contributed by atoms with Gasteiger partial charge >= 0.3 is 5.97 Å². The SMILES string of the molecule is CCCOc1ccc(/C=C/C(=O)OCc2nc(-c3ccccc3)oc2C)cc1OCC. The van der Waals surface area contributed by atoms with E-state index in [1.807, 2.05) is 62.4 Å². The Balaban J connectivity index is 1.61. The van der Waals surface area contributed by atoms with Crippen LogP contribution in [-0.4, -0.2) is 24.2 Å². The summed E-state index contributed by atoms with van der Waals surface area (Å²) in [5, 5.41) is 0. The number of ether oxygens (including phenoxy) is 3. The van der Waals surface area contributed by atoms with E-state index in [0.29, 0.717) is 42.1 Å². The summed E-state index contributed by atoms with van der Waals surface area (Å²) in [6, 6.07) is 15.1. The zero-order valence-electron chi connectivity index (χ0n) is 18.1. The molecule has 0 saturated carbocycles. The van der Waals surface area contributed by atoms with Crippen molar-refractivity contribution in [1.82, 2.24) is 4.98 Å². The van der Waals surface area contributed by atoms with Crippen LogP contribution in [0.3, 0.4) is 0 Å². The monoisotopic (exact) mass is 421 g/mol. The number of hydrogen-bond acceptors (Lipinski definition) is 6. The van der Waals surface area contributed by atoms with Crippen molar-refractivity contribution in [2.75, 3.05) is 13.2 Å². The van der Waals surface area contributed by atoms with Gasteiger partial charge in [0.05, 0.1) is 13.2 Å². The maximum Gasteiger partial charge on any atom is 0.331 e. The van der Waals surface area contributed by atoms with Gasteiger partial charge in [-0.25, -0.2) is 9.78 Å². The molecule has 0 aliphatic heterocycles. The summed E-state index contributed by atoms with van der Waals surface area (Å²) in [6.45, 7) is 6.95. The Labute approximate surface area is 182 Å². The first-order valence-corrected chi connectivity index (χ1v) is 10.4. The van der Waals surface area contributed by atoms with Crippen LogP contribution in [0.5, 0.6) is 11.5 Å². The number of esters is 1. The minimum atomic E-state index is -0.465. The third kappa shape index (κ3) is 6.22. The number of aryl methyl sites for hydroxylation is 1. The molecule has 0 aliphatic rings. The molecule has 1 aromatic heterocycles. The quantitative estimate of drug-likeness (QED) is 0.314. The average Bonchev–Trinajstić information content (AvgIpc) is 3.17. The fourth-order valence-electron chi connectivity index (χ4n) is 2.85. The van der Waals surface area contributed by atoms with Gasteiger partial charge in [0.25, 0.3) is 0 Å². The van der Waals surface area contributed by atoms with Crippen molar-refractivity contribution in [3.63, 3.8) is 0 Å². The lowest BCUT2D eigenvalue weighted by atomic mass is 10.2. The Hall–Kier alpha value is -3.54. The van der Waals surface area contributed by atoms with Gasteiger partial charge in [-0.2, -0.15) is 0 Å². The normalized spacial score (nSPS) is 10.9. The molecular formula is C25H27NO5. The molecule has 0 fully saturated rings. The predicted molar refractivity (Wildman–Crippen MR) is 119 cm³/mol. The summed E-state index contributed by atoms with van der Waals surface area (Å²) in [6.07, 6.45) is 3.97. The largest absolute Gasteiger partial charge is 0.490 e. The van der Waals surface area contributed by atoms with Gasteiger partial charge in [0.2, 0.25) is 5.89 Å². The van der Waals surface area contributed by atoms with Gasteiger partial charge in [0.15, 0.2) is 11.5 Å². The molecule has 0 bridgehead atoms. The van der Waals surface area contributed by atoms with Gasteiger partial charge in [-0.3, -0.25) is 0 Å². The van der Waals surface area contributed by atoms with Crippen LogP contribution in [0.2, 0.25) is 0 Å². The molecule has 1 heterocycles. The molecule has 0 unspecified atom stereocenters. The van der Waals surface area contributed by atoms with Gasteiger partial charge in [-0.15, -0.1) is 0 Å². The smallest absolute Gasteiger partial charge is 0.331 e. The molecule has 6 nitrogen and oxygen atoms in total. The molecule has 0 radical (unpaired) electrons. The fraction of sp³-hybridized carbons (Fsp3) is 0.280. The second-order valence-corrected chi connectivity index (χ2v) is 6.82. The van der Waals surface area contributed by atoms with Crippen molar-refractivity contribution >= 4 is 12.0 Å². The Kier molecular flexibility index (Phi) is 7.87. The van der Waals surface area contributed by atoms with Crippen LogP contribution in [0.25, 0.3) is 17.5 Å². The molecule has 0 N–H and O–H groups in total. The fourth-order valence-corrected chi connectivity index (χ4v) is 2.85. The van der Waals surface area contributed by atoms with E-state index in [1.54, 1.807) is 13.0 Å². The summed E-state index contributed by atoms with van der Waals surface area (Å²) in [5.41, 5.74) is 2.28. The highest BCUT2D eigenvalue weighted by Crippen LogP contribution is 2.29. The van der Waals surface area contributed by atoms with Gasteiger partial charge in [0, 0.05) is 11.6 Å². The first-order valence-electron chi connectivity index (χ1n) is 10.4. The molecule has 0 aliphatic carbocycles. The maximum absolute atomic E-state index is 12.2. The predicted octanol–water partition coefficient (Wildman–Crippen LogP) is 5.59. The van der Waals surface area contributed by atoms with E-state index in [-0.39, 0.29) is 6.61 Å². The lowest BCUT2D eigenvalue weighted by molar-refractivity contribution is -0.139. The lowest BCUT2D eigenvalue weighted by Crippen LogP contribution is -2.02. The van der Waals surface area contributed by atoms with Gasteiger partial charge in [0.1, 0.15) is 18.1 Å². The van der Waals surface area contributed by atoms with Gasteiger partial charge in [-0.05, 0) is 56.2 Å². The maximum atomic E-state index is 12.2. The highest BCUT2D eigenvalue weighted by Gasteiger charge is 2.12. The molecule has 3 aromatic rings. The highest BCUT2D eigenvalue weighted by molar-refractivity contribution is 5.87. The Morgan fingerprint density at radius 3 is 2.61 bits per heavy atom. The second kappa shape index (κ2) is 11.0. The van der Waals surface area contributed by atoms with Crippen LogP contribution >= 0.6 is 0 Å². The molecule has 0 atom stereocenters. The first-order chi connectivity index (χ1) is 15.1. The van der Waals surface area contributed by atoms with Gasteiger partial charge < -0.3 is 18.6 Å². The van der Waals surface area contributed by atoms with Crippen LogP contribution in [0.4, 0.5) is 0 Å². The molecule has 3 rings (SSSR count). The molecule has 162 valence electrons. The number of rotatable bonds is 10. The van der Waals surface area contributed by atoms with Crippen molar-refractivity contribution in [2.24, 2.45) is 0 Å². The zero-order chi connectivity index (χ0) is 22.1. The molecular weight excluding hydrogens is 394 g/mol. The number of aromatic nitrogens is 1.